The number of hydrogen-bond acceptors (Lipinski definition) is 1. The fraction of sp³-hybridized carbons (Fsp3) is 0.200. The number of allylic oxidation sites excluding steroid dienone is 5. The lowest BCUT2D eigenvalue weighted by molar-refractivity contribution is 0.278. The van der Waals surface area contributed by atoms with Crippen LogP contribution in [-0.4, -0.2) is 6.61 Å². The van der Waals surface area contributed by atoms with E-state index in [0.717, 1.165) is 11.3 Å². The van der Waals surface area contributed by atoms with E-state index in [0.29, 0.717) is 6.61 Å². The first-order valence-electron chi connectivity index (χ1n) is 3.63. The molecule has 0 fully saturated rings. The average Bonchev–Trinajstić information content (AvgIpc) is 2.40. The van der Waals surface area contributed by atoms with Crippen molar-refractivity contribution < 1.29 is 4.74 Å². The number of rotatable bonds is 2. The summed E-state index contributed by atoms with van der Waals surface area (Å²) in [5.41, 5.74) is 1.15. The van der Waals surface area contributed by atoms with Gasteiger partial charge in [0, 0.05) is 0 Å². The van der Waals surface area contributed by atoms with Crippen LogP contribution in [-0.2, 0) is 4.74 Å². The Kier molecular flexibility index (Phi) is 2.73. The molecule has 11 heavy (non-hydrogen) atoms. The highest BCUT2D eigenvalue weighted by Gasteiger charge is 1.97. The fourth-order valence-electron chi connectivity index (χ4n) is 0.905. The summed E-state index contributed by atoms with van der Waals surface area (Å²) in [7, 11) is 0. The Balaban J connectivity index is 2.63. The van der Waals surface area contributed by atoms with Crippen molar-refractivity contribution in [3.05, 3.63) is 48.3 Å². The van der Waals surface area contributed by atoms with Crippen LogP contribution >= 0.6 is 0 Å². The molecule has 0 amide bonds. The molecule has 0 bridgehead atoms. The van der Waals surface area contributed by atoms with Gasteiger partial charge >= 0.3 is 0 Å². The molecule has 0 aromatic heterocycles. The van der Waals surface area contributed by atoms with E-state index in [-0.39, 0.29) is 0 Å². The lowest BCUT2D eigenvalue weighted by Crippen LogP contribution is -1.80. The van der Waals surface area contributed by atoms with Crippen LogP contribution in [0, 0.1) is 0 Å². The van der Waals surface area contributed by atoms with Crippen LogP contribution in [0.15, 0.2) is 48.3 Å². The van der Waals surface area contributed by atoms with E-state index in [1.165, 1.54) is 0 Å². The van der Waals surface area contributed by atoms with Crippen molar-refractivity contribution >= 4 is 0 Å². The molecule has 0 aromatic rings. The Hall–Kier alpha value is -1.24. The van der Waals surface area contributed by atoms with Gasteiger partial charge in [0.1, 0.15) is 12.4 Å². The van der Waals surface area contributed by atoms with E-state index >= 15 is 0 Å². The second-order valence-electron chi connectivity index (χ2n) is 2.41. The van der Waals surface area contributed by atoms with E-state index in [9.17, 15) is 0 Å². The van der Waals surface area contributed by atoms with Crippen molar-refractivity contribution in [1.29, 1.82) is 0 Å². The van der Waals surface area contributed by atoms with E-state index in [1.807, 2.05) is 31.2 Å². The van der Waals surface area contributed by atoms with Gasteiger partial charge in [-0.3, -0.25) is 0 Å². The first-order chi connectivity index (χ1) is 5.33. The van der Waals surface area contributed by atoms with Gasteiger partial charge in [-0.05, 0) is 30.7 Å². The molecule has 1 aliphatic heterocycles. The topological polar surface area (TPSA) is 9.23 Å². The molecule has 0 atom stereocenters. The second kappa shape index (κ2) is 3.81. The summed E-state index contributed by atoms with van der Waals surface area (Å²) in [6.45, 7) is 6.33. The first-order valence-corrected chi connectivity index (χ1v) is 3.63. The largest absolute Gasteiger partial charge is 0.490 e. The maximum Gasteiger partial charge on any atom is 0.119 e. The molecule has 1 nitrogen and oxygen atoms in total. The van der Waals surface area contributed by atoms with Gasteiger partial charge in [-0.15, -0.1) is 0 Å². The molecule has 0 spiro atoms. The lowest BCUT2D eigenvalue weighted by Gasteiger charge is -1.96. The summed E-state index contributed by atoms with van der Waals surface area (Å²) in [6.07, 6.45) is 9.67. The summed E-state index contributed by atoms with van der Waals surface area (Å²) in [4.78, 5) is 0. The fourth-order valence-corrected chi connectivity index (χ4v) is 0.905. The standard InChI is InChI=1S/C10H12O/c1-3-5-9(2)8-10-6-4-7-11-10/h3-6,8H,1,7H2,2H3/b9-5-,10-8+. The Bertz CT molecular complexity index is 231. The van der Waals surface area contributed by atoms with Gasteiger partial charge < -0.3 is 4.74 Å². The molecular weight excluding hydrogens is 136 g/mol. The molecule has 1 heteroatoms. The van der Waals surface area contributed by atoms with Crippen LogP contribution in [0.2, 0.25) is 0 Å². The maximum atomic E-state index is 5.24. The minimum Gasteiger partial charge on any atom is -0.490 e. The van der Waals surface area contributed by atoms with E-state index in [1.54, 1.807) is 6.08 Å². The minimum atomic E-state index is 0.702. The molecule has 0 saturated carbocycles. The highest BCUT2D eigenvalue weighted by atomic mass is 16.5. The summed E-state index contributed by atoms with van der Waals surface area (Å²) < 4.78 is 5.24. The third-order valence-corrected chi connectivity index (χ3v) is 1.38. The third-order valence-electron chi connectivity index (χ3n) is 1.38. The molecule has 1 rings (SSSR count). The minimum absolute atomic E-state index is 0.702. The van der Waals surface area contributed by atoms with Gasteiger partial charge in [0.25, 0.3) is 0 Å². The van der Waals surface area contributed by atoms with E-state index in [4.69, 9.17) is 4.74 Å². The van der Waals surface area contributed by atoms with Crippen LogP contribution in [0.4, 0.5) is 0 Å². The molecule has 0 saturated heterocycles. The normalized spacial score (nSPS) is 20.5. The van der Waals surface area contributed by atoms with Crippen molar-refractivity contribution in [3.63, 3.8) is 0 Å². The van der Waals surface area contributed by atoms with Gasteiger partial charge in [0.15, 0.2) is 0 Å². The Morgan fingerprint density at radius 2 is 2.55 bits per heavy atom. The third kappa shape index (κ3) is 2.46. The summed E-state index contributed by atoms with van der Waals surface area (Å²) in [5.74, 6) is 0.931. The molecule has 1 aliphatic rings. The van der Waals surface area contributed by atoms with Crippen LogP contribution in [0.25, 0.3) is 0 Å². The monoisotopic (exact) mass is 148 g/mol. The molecule has 1 heterocycles. The predicted octanol–water partition coefficient (Wildman–Crippen LogP) is 2.59. The molecule has 58 valence electrons. The maximum absolute atomic E-state index is 5.24. The molecule has 0 N–H and O–H groups in total. The summed E-state index contributed by atoms with van der Waals surface area (Å²) in [5, 5.41) is 0. The SMILES string of the molecule is C=C/C=C(C)\C=C1/C=CCO1. The molecule has 0 aliphatic carbocycles. The zero-order chi connectivity index (χ0) is 8.10. The van der Waals surface area contributed by atoms with Crippen molar-refractivity contribution in [1.82, 2.24) is 0 Å². The molecular formula is C10H12O. The van der Waals surface area contributed by atoms with Crippen LogP contribution in [0.1, 0.15) is 6.92 Å². The summed E-state index contributed by atoms with van der Waals surface area (Å²) >= 11 is 0. The van der Waals surface area contributed by atoms with Crippen molar-refractivity contribution in [3.8, 4) is 0 Å². The highest BCUT2D eigenvalue weighted by Crippen LogP contribution is 2.10. The van der Waals surface area contributed by atoms with Crippen LogP contribution < -0.4 is 0 Å². The zero-order valence-corrected chi connectivity index (χ0v) is 6.71. The predicted molar refractivity (Wildman–Crippen MR) is 47.1 cm³/mol. The van der Waals surface area contributed by atoms with Crippen LogP contribution in [0.5, 0.6) is 0 Å². The van der Waals surface area contributed by atoms with Gasteiger partial charge in [-0.2, -0.15) is 0 Å². The Labute approximate surface area is 67.4 Å². The van der Waals surface area contributed by atoms with Gasteiger partial charge in [-0.1, -0.05) is 18.7 Å². The average molecular weight is 148 g/mol. The van der Waals surface area contributed by atoms with Crippen LogP contribution in [0.3, 0.4) is 0 Å². The van der Waals surface area contributed by atoms with Crippen molar-refractivity contribution in [2.45, 2.75) is 6.92 Å². The zero-order valence-electron chi connectivity index (χ0n) is 6.71. The smallest absolute Gasteiger partial charge is 0.119 e. The quantitative estimate of drug-likeness (QED) is 0.547. The highest BCUT2D eigenvalue weighted by molar-refractivity contribution is 5.29. The number of hydrogen-bond donors (Lipinski definition) is 0. The Morgan fingerprint density at radius 1 is 1.73 bits per heavy atom. The van der Waals surface area contributed by atoms with E-state index in [2.05, 4.69) is 6.58 Å². The molecule has 0 unspecified atom stereocenters. The Morgan fingerprint density at radius 3 is 3.09 bits per heavy atom. The second-order valence-corrected chi connectivity index (χ2v) is 2.41. The summed E-state index contributed by atoms with van der Waals surface area (Å²) in [6, 6.07) is 0. The van der Waals surface area contributed by atoms with Crippen molar-refractivity contribution in [2.24, 2.45) is 0 Å². The first kappa shape index (κ1) is 7.86. The lowest BCUT2D eigenvalue weighted by atomic mass is 10.2. The van der Waals surface area contributed by atoms with Gasteiger partial charge in [-0.25, -0.2) is 0 Å². The number of ether oxygens (including phenoxy) is 1. The molecule has 0 radical (unpaired) electrons. The molecule has 0 aromatic carbocycles. The van der Waals surface area contributed by atoms with Crippen molar-refractivity contribution in [2.75, 3.05) is 6.61 Å². The van der Waals surface area contributed by atoms with E-state index < -0.39 is 0 Å². The van der Waals surface area contributed by atoms with Gasteiger partial charge in [0.2, 0.25) is 0 Å². The van der Waals surface area contributed by atoms with Gasteiger partial charge in [0.05, 0.1) is 0 Å².